The van der Waals surface area contributed by atoms with Crippen LogP contribution >= 0.6 is 0 Å². The Morgan fingerprint density at radius 1 is 1.14 bits per heavy atom. The summed E-state index contributed by atoms with van der Waals surface area (Å²) >= 11 is 0. The number of rotatable bonds is 2. The van der Waals surface area contributed by atoms with Gasteiger partial charge in [0.05, 0.1) is 0 Å². The van der Waals surface area contributed by atoms with Gasteiger partial charge in [0.1, 0.15) is 0 Å². The fourth-order valence-corrected chi connectivity index (χ4v) is 1.58. The molecule has 0 aromatic heterocycles. The fourth-order valence-electron chi connectivity index (χ4n) is 1.58. The molecular weight excluding hydrogens is 174 g/mol. The van der Waals surface area contributed by atoms with Crippen LogP contribution in [0.2, 0.25) is 0 Å². The van der Waals surface area contributed by atoms with Crippen molar-refractivity contribution in [1.82, 2.24) is 5.32 Å². The first kappa shape index (κ1) is 13.5. The molecule has 1 amide bonds. The lowest BCUT2D eigenvalue weighted by Gasteiger charge is -2.34. The van der Waals surface area contributed by atoms with Gasteiger partial charge in [-0.2, -0.15) is 0 Å². The molecule has 0 heterocycles. The SMILES string of the molecule is CNC(=O)C(CC(C)(C)C)C(C)(C)C. The first-order valence-electron chi connectivity index (χ1n) is 5.29. The summed E-state index contributed by atoms with van der Waals surface area (Å²) in [6.07, 6.45) is 0.927. The fraction of sp³-hybridized carbons (Fsp3) is 0.917. The Bertz CT molecular complexity index is 195. The Hall–Kier alpha value is -0.530. The van der Waals surface area contributed by atoms with Crippen molar-refractivity contribution in [2.24, 2.45) is 16.7 Å². The van der Waals surface area contributed by atoms with E-state index in [4.69, 9.17) is 0 Å². The standard InChI is InChI=1S/C12H25NO/c1-11(2,3)8-9(10(14)13-7)12(4,5)6/h9H,8H2,1-7H3,(H,13,14). The molecule has 0 saturated carbocycles. The number of hydrogen-bond acceptors (Lipinski definition) is 1. The number of amides is 1. The average molecular weight is 199 g/mol. The highest BCUT2D eigenvalue weighted by Gasteiger charge is 2.33. The second-order valence-corrected chi connectivity index (χ2v) is 6.30. The van der Waals surface area contributed by atoms with Crippen LogP contribution in [0.1, 0.15) is 48.0 Å². The molecule has 0 aliphatic carbocycles. The summed E-state index contributed by atoms with van der Waals surface area (Å²) < 4.78 is 0. The first-order valence-corrected chi connectivity index (χ1v) is 5.29. The topological polar surface area (TPSA) is 29.1 Å². The Labute approximate surface area is 88.5 Å². The molecule has 0 rings (SSSR count). The van der Waals surface area contributed by atoms with Gasteiger partial charge in [-0.05, 0) is 17.3 Å². The summed E-state index contributed by atoms with van der Waals surface area (Å²) in [5.41, 5.74) is 0.234. The lowest BCUT2D eigenvalue weighted by atomic mass is 9.72. The summed E-state index contributed by atoms with van der Waals surface area (Å²) in [4.78, 5) is 11.7. The molecule has 2 heteroatoms. The largest absolute Gasteiger partial charge is 0.359 e. The van der Waals surface area contributed by atoms with Crippen molar-refractivity contribution in [3.05, 3.63) is 0 Å². The van der Waals surface area contributed by atoms with Gasteiger partial charge in [0.15, 0.2) is 0 Å². The highest BCUT2D eigenvalue weighted by atomic mass is 16.1. The van der Waals surface area contributed by atoms with Crippen molar-refractivity contribution in [2.75, 3.05) is 7.05 Å². The molecule has 1 unspecified atom stereocenters. The van der Waals surface area contributed by atoms with Crippen LogP contribution in [0.25, 0.3) is 0 Å². The molecule has 0 radical (unpaired) electrons. The zero-order valence-electron chi connectivity index (χ0n) is 10.7. The van der Waals surface area contributed by atoms with Gasteiger partial charge in [-0.15, -0.1) is 0 Å². The Kier molecular flexibility index (Phi) is 4.16. The second-order valence-electron chi connectivity index (χ2n) is 6.30. The molecule has 0 aromatic rings. The van der Waals surface area contributed by atoms with Crippen LogP contribution in [-0.4, -0.2) is 13.0 Å². The highest BCUT2D eigenvalue weighted by molar-refractivity contribution is 5.79. The van der Waals surface area contributed by atoms with Crippen LogP contribution in [0.5, 0.6) is 0 Å². The van der Waals surface area contributed by atoms with Gasteiger partial charge in [-0.3, -0.25) is 4.79 Å². The van der Waals surface area contributed by atoms with E-state index in [1.165, 1.54) is 0 Å². The van der Waals surface area contributed by atoms with Crippen LogP contribution in [0.3, 0.4) is 0 Å². The van der Waals surface area contributed by atoms with Crippen molar-refractivity contribution in [3.63, 3.8) is 0 Å². The zero-order valence-corrected chi connectivity index (χ0v) is 10.7. The minimum atomic E-state index is 0.0351. The van der Waals surface area contributed by atoms with E-state index in [1.54, 1.807) is 7.05 Å². The number of nitrogens with one attached hydrogen (secondary N) is 1. The predicted octanol–water partition coefficient (Wildman–Crippen LogP) is 2.83. The molecule has 0 aliphatic heterocycles. The maximum Gasteiger partial charge on any atom is 0.223 e. The summed E-state index contributed by atoms with van der Waals surface area (Å²) in [6, 6.07) is 0. The highest BCUT2D eigenvalue weighted by Crippen LogP contribution is 2.35. The third kappa shape index (κ3) is 4.64. The van der Waals surface area contributed by atoms with Crippen molar-refractivity contribution < 1.29 is 4.79 Å². The van der Waals surface area contributed by atoms with E-state index in [-0.39, 0.29) is 22.7 Å². The van der Waals surface area contributed by atoms with E-state index in [1.807, 2.05) is 0 Å². The van der Waals surface area contributed by atoms with Gasteiger partial charge in [-0.1, -0.05) is 41.5 Å². The normalized spacial score (nSPS) is 15.1. The van der Waals surface area contributed by atoms with E-state index in [0.717, 1.165) is 6.42 Å². The Morgan fingerprint density at radius 3 is 1.79 bits per heavy atom. The zero-order chi connectivity index (χ0) is 11.6. The quantitative estimate of drug-likeness (QED) is 0.728. The van der Waals surface area contributed by atoms with Crippen molar-refractivity contribution in [1.29, 1.82) is 0 Å². The molecule has 2 nitrogen and oxygen atoms in total. The smallest absolute Gasteiger partial charge is 0.223 e. The van der Waals surface area contributed by atoms with Gasteiger partial charge in [0.25, 0.3) is 0 Å². The molecule has 0 saturated heterocycles. The van der Waals surface area contributed by atoms with E-state index in [0.29, 0.717) is 0 Å². The number of carbonyl (C=O) groups excluding carboxylic acids is 1. The van der Waals surface area contributed by atoms with E-state index in [2.05, 4.69) is 46.9 Å². The molecule has 1 atom stereocenters. The van der Waals surface area contributed by atoms with Crippen LogP contribution in [0.4, 0.5) is 0 Å². The van der Waals surface area contributed by atoms with E-state index in [9.17, 15) is 4.79 Å². The van der Waals surface area contributed by atoms with Crippen LogP contribution < -0.4 is 5.32 Å². The van der Waals surface area contributed by atoms with Gasteiger partial charge in [-0.25, -0.2) is 0 Å². The molecular formula is C12H25NO. The van der Waals surface area contributed by atoms with Gasteiger partial charge < -0.3 is 5.32 Å². The van der Waals surface area contributed by atoms with Crippen LogP contribution in [0, 0.1) is 16.7 Å². The lowest BCUT2D eigenvalue weighted by molar-refractivity contribution is -0.129. The van der Waals surface area contributed by atoms with Crippen molar-refractivity contribution in [3.8, 4) is 0 Å². The average Bonchev–Trinajstić information content (AvgIpc) is 1.95. The van der Waals surface area contributed by atoms with Gasteiger partial charge in [0, 0.05) is 13.0 Å². The Morgan fingerprint density at radius 2 is 1.57 bits per heavy atom. The van der Waals surface area contributed by atoms with Crippen LogP contribution in [0.15, 0.2) is 0 Å². The van der Waals surface area contributed by atoms with E-state index < -0.39 is 0 Å². The van der Waals surface area contributed by atoms with E-state index >= 15 is 0 Å². The number of hydrogen-bond donors (Lipinski definition) is 1. The molecule has 1 N–H and O–H groups in total. The van der Waals surface area contributed by atoms with Crippen molar-refractivity contribution >= 4 is 5.91 Å². The minimum absolute atomic E-state index is 0.0351. The predicted molar refractivity (Wildman–Crippen MR) is 61.1 cm³/mol. The molecule has 0 bridgehead atoms. The first-order chi connectivity index (χ1) is 6.08. The third-order valence-corrected chi connectivity index (χ3v) is 2.42. The molecule has 0 aliphatic rings. The summed E-state index contributed by atoms with van der Waals surface area (Å²) in [5, 5.41) is 2.76. The molecule has 0 fully saturated rings. The summed E-state index contributed by atoms with van der Waals surface area (Å²) in [5.74, 6) is 0.250. The monoisotopic (exact) mass is 199 g/mol. The van der Waals surface area contributed by atoms with Crippen LogP contribution in [-0.2, 0) is 4.79 Å². The molecule has 14 heavy (non-hydrogen) atoms. The summed E-state index contributed by atoms with van der Waals surface area (Å²) in [6.45, 7) is 12.9. The maximum absolute atomic E-state index is 11.7. The number of carbonyl (C=O) groups is 1. The molecule has 0 spiro atoms. The van der Waals surface area contributed by atoms with Crippen molar-refractivity contribution in [2.45, 2.75) is 48.0 Å². The third-order valence-electron chi connectivity index (χ3n) is 2.42. The van der Waals surface area contributed by atoms with Gasteiger partial charge >= 0.3 is 0 Å². The molecule has 0 aromatic carbocycles. The lowest BCUT2D eigenvalue weighted by Crippen LogP contribution is -2.38. The Balaban J connectivity index is 4.67. The van der Waals surface area contributed by atoms with Gasteiger partial charge in [0.2, 0.25) is 5.91 Å². The molecule has 84 valence electrons. The minimum Gasteiger partial charge on any atom is -0.359 e. The second kappa shape index (κ2) is 4.33. The maximum atomic E-state index is 11.7. The summed E-state index contributed by atoms with van der Waals surface area (Å²) in [7, 11) is 1.71.